The molecule has 6 nitrogen and oxygen atoms in total. The summed E-state index contributed by atoms with van der Waals surface area (Å²) in [5, 5.41) is 5.95. The van der Waals surface area contributed by atoms with E-state index < -0.39 is 0 Å². The largest absolute Gasteiger partial charge is 0.375 e. The van der Waals surface area contributed by atoms with E-state index in [-0.39, 0.29) is 18.0 Å². The molecule has 3 rings (SSSR count). The zero-order valence-electron chi connectivity index (χ0n) is 16.5. The SMILES string of the molecule is CCN(C)c1cccc(NC(=O)NC(CN2CCCC2=O)c2ccccc2)c1. The van der Waals surface area contributed by atoms with Crippen LogP contribution in [-0.4, -0.2) is 43.5 Å². The van der Waals surface area contributed by atoms with Crippen molar-refractivity contribution in [3.8, 4) is 0 Å². The van der Waals surface area contributed by atoms with Crippen molar-refractivity contribution in [2.24, 2.45) is 0 Å². The Morgan fingerprint density at radius 2 is 1.96 bits per heavy atom. The lowest BCUT2D eigenvalue weighted by Crippen LogP contribution is -2.40. The monoisotopic (exact) mass is 380 g/mol. The van der Waals surface area contributed by atoms with Crippen molar-refractivity contribution >= 4 is 23.3 Å². The van der Waals surface area contributed by atoms with Gasteiger partial charge in [-0.2, -0.15) is 0 Å². The second-order valence-electron chi connectivity index (χ2n) is 7.07. The molecule has 1 aliphatic heterocycles. The van der Waals surface area contributed by atoms with Gasteiger partial charge in [-0.3, -0.25) is 4.79 Å². The topological polar surface area (TPSA) is 64.7 Å². The van der Waals surface area contributed by atoms with Crippen LogP contribution in [-0.2, 0) is 4.79 Å². The predicted molar refractivity (Wildman–Crippen MR) is 113 cm³/mol. The summed E-state index contributed by atoms with van der Waals surface area (Å²) >= 11 is 0. The Kier molecular flexibility index (Phi) is 6.53. The lowest BCUT2D eigenvalue weighted by molar-refractivity contribution is -0.128. The van der Waals surface area contributed by atoms with Crippen LogP contribution in [0.1, 0.15) is 31.4 Å². The number of benzene rings is 2. The predicted octanol–water partition coefficient (Wildman–Crippen LogP) is 3.63. The molecule has 2 N–H and O–H groups in total. The van der Waals surface area contributed by atoms with Crippen LogP contribution in [0.25, 0.3) is 0 Å². The lowest BCUT2D eigenvalue weighted by atomic mass is 10.1. The average Bonchev–Trinajstić information content (AvgIpc) is 3.12. The van der Waals surface area contributed by atoms with Crippen LogP contribution < -0.4 is 15.5 Å². The fourth-order valence-corrected chi connectivity index (χ4v) is 3.37. The average molecular weight is 380 g/mol. The maximum Gasteiger partial charge on any atom is 0.319 e. The molecule has 0 aromatic heterocycles. The van der Waals surface area contributed by atoms with Crippen LogP contribution in [0.2, 0.25) is 0 Å². The first-order valence-electron chi connectivity index (χ1n) is 9.78. The highest BCUT2D eigenvalue weighted by molar-refractivity contribution is 5.90. The summed E-state index contributed by atoms with van der Waals surface area (Å²) in [4.78, 5) is 28.6. The summed E-state index contributed by atoms with van der Waals surface area (Å²) < 4.78 is 0. The first-order chi connectivity index (χ1) is 13.6. The molecule has 0 spiro atoms. The first kappa shape index (κ1) is 19.7. The van der Waals surface area contributed by atoms with Gasteiger partial charge in [0.2, 0.25) is 5.91 Å². The highest BCUT2D eigenvalue weighted by Crippen LogP contribution is 2.20. The van der Waals surface area contributed by atoms with Crippen LogP contribution in [0.3, 0.4) is 0 Å². The van der Waals surface area contributed by atoms with Crippen LogP contribution in [0, 0.1) is 0 Å². The third-order valence-electron chi connectivity index (χ3n) is 5.10. The minimum absolute atomic E-state index is 0.151. The molecule has 1 fully saturated rings. The summed E-state index contributed by atoms with van der Waals surface area (Å²) in [5.74, 6) is 0.151. The van der Waals surface area contributed by atoms with E-state index in [9.17, 15) is 9.59 Å². The smallest absolute Gasteiger partial charge is 0.319 e. The Balaban J connectivity index is 1.69. The third-order valence-corrected chi connectivity index (χ3v) is 5.10. The van der Waals surface area contributed by atoms with E-state index in [4.69, 9.17) is 0 Å². The number of amides is 3. The van der Waals surface area contributed by atoms with E-state index in [0.29, 0.717) is 13.0 Å². The normalized spacial score (nSPS) is 14.6. The van der Waals surface area contributed by atoms with Crippen molar-refractivity contribution in [2.45, 2.75) is 25.8 Å². The van der Waals surface area contributed by atoms with Gasteiger partial charge < -0.3 is 20.4 Å². The molecule has 148 valence electrons. The molecule has 1 atom stereocenters. The molecule has 0 saturated carbocycles. The second kappa shape index (κ2) is 9.26. The third kappa shape index (κ3) is 5.03. The maximum atomic E-state index is 12.7. The van der Waals surface area contributed by atoms with Crippen LogP contribution in [0.15, 0.2) is 54.6 Å². The van der Waals surface area contributed by atoms with Crippen molar-refractivity contribution in [2.75, 3.05) is 36.9 Å². The minimum Gasteiger partial charge on any atom is -0.375 e. The Morgan fingerprint density at radius 3 is 2.64 bits per heavy atom. The Bertz CT molecular complexity index is 809. The van der Waals surface area contributed by atoms with Gasteiger partial charge in [0, 0.05) is 44.5 Å². The van der Waals surface area contributed by atoms with E-state index >= 15 is 0 Å². The molecule has 1 saturated heterocycles. The fraction of sp³-hybridized carbons (Fsp3) is 0.364. The number of rotatable bonds is 7. The Labute approximate surface area is 166 Å². The van der Waals surface area contributed by atoms with Crippen LogP contribution in [0.5, 0.6) is 0 Å². The molecule has 0 bridgehead atoms. The number of hydrogen-bond donors (Lipinski definition) is 2. The molecule has 1 unspecified atom stereocenters. The second-order valence-corrected chi connectivity index (χ2v) is 7.07. The summed E-state index contributed by atoms with van der Waals surface area (Å²) in [6, 6.07) is 17.0. The Hall–Kier alpha value is -3.02. The van der Waals surface area contributed by atoms with Crippen molar-refractivity contribution < 1.29 is 9.59 Å². The number of carbonyl (C=O) groups is 2. The first-order valence-corrected chi connectivity index (χ1v) is 9.78. The molecule has 0 aliphatic carbocycles. The minimum atomic E-state index is -0.281. The summed E-state index contributed by atoms with van der Waals surface area (Å²) in [7, 11) is 2.01. The molecular weight excluding hydrogens is 352 g/mol. The van der Waals surface area contributed by atoms with Gasteiger partial charge in [-0.1, -0.05) is 36.4 Å². The van der Waals surface area contributed by atoms with Gasteiger partial charge in [0.15, 0.2) is 0 Å². The van der Waals surface area contributed by atoms with E-state index in [1.807, 2.05) is 66.5 Å². The van der Waals surface area contributed by atoms with Gasteiger partial charge in [-0.15, -0.1) is 0 Å². The lowest BCUT2D eigenvalue weighted by Gasteiger charge is -2.25. The van der Waals surface area contributed by atoms with Gasteiger partial charge in [-0.25, -0.2) is 4.79 Å². The number of hydrogen-bond acceptors (Lipinski definition) is 3. The molecule has 0 radical (unpaired) electrons. The molecule has 6 heteroatoms. The van der Waals surface area contributed by atoms with Crippen molar-refractivity contribution in [1.82, 2.24) is 10.2 Å². The van der Waals surface area contributed by atoms with Crippen LogP contribution in [0.4, 0.5) is 16.2 Å². The number of carbonyl (C=O) groups excluding carboxylic acids is 2. The zero-order valence-corrected chi connectivity index (χ0v) is 16.5. The summed E-state index contributed by atoms with van der Waals surface area (Å²) in [6.45, 7) is 4.19. The van der Waals surface area contributed by atoms with Gasteiger partial charge in [0.1, 0.15) is 0 Å². The molecule has 28 heavy (non-hydrogen) atoms. The fourth-order valence-electron chi connectivity index (χ4n) is 3.37. The van der Waals surface area contributed by atoms with E-state index in [1.54, 1.807) is 0 Å². The van der Waals surface area contributed by atoms with E-state index in [2.05, 4.69) is 22.5 Å². The zero-order chi connectivity index (χ0) is 19.9. The van der Waals surface area contributed by atoms with Crippen molar-refractivity contribution in [1.29, 1.82) is 0 Å². The number of nitrogens with zero attached hydrogens (tertiary/aromatic N) is 2. The highest BCUT2D eigenvalue weighted by atomic mass is 16.2. The summed E-state index contributed by atoms with van der Waals surface area (Å²) in [6.07, 6.45) is 1.47. The number of nitrogens with one attached hydrogen (secondary N) is 2. The van der Waals surface area contributed by atoms with Crippen molar-refractivity contribution in [3.05, 3.63) is 60.2 Å². The maximum absolute atomic E-state index is 12.7. The van der Waals surface area contributed by atoms with Gasteiger partial charge in [0.05, 0.1) is 6.04 Å². The number of urea groups is 1. The molecule has 1 aliphatic rings. The van der Waals surface area contributed by atoms with Gasteiger partial charge in [0.25, 0.3) is 0 Å². The van der Waals surface area contributed by atoms with Crippen molar-refractivity contribution in [3.63, 3.8) is 0 Å². The standard InChI is InChI=1S/C22H28N4O2/c1-3-25(2)19-12-7-11-18(15-19)23-22(28)24-20(17-9-5-4-6-10-17)16-26-14-8-13-21(26)27/h4-7,9-12,15,20H,3,8,13-14,16H2,1-2H3,(H2,23,24,28). The van der Waals surface area contributed by atoms with E-state index in [0.717, 1.165) is 36.4 Å². The molecule has 1 heterocycles. The molecule has 2 aromatic rings. The van der Waals surface area contributed by atoms with E-state index in [1.165, 1.54) is 0 Å². The molecular formula is C22H28N4O2. The molecule has 3 amide bonds. The quantitative estimate of drug-likeness (QED) is 0.771. The van der Waals surface area contributed by atoms with Gasteiger partial charge >= 0.3 is 6.03 Å². The highest BCUT2D eigenvalue weighted by Gasteiger charge is 2.25. The summed E-state index contributed by atoms with van der Waals surface area (Å²) in [5.41, 5.74) is 2.76. The van der Waals surface area contributed by atoms with Gasteiger partial charge in [-0.05, 0) is 37.1 Å². The molecule has 2 aromatic carbocycles. The van der Waals surface area contributed by atoms with Crippen LogP contribution >= 0.6 is 0 Å². The number of anilines is 2. The Morgan fingerprint density at radius 1 is 1.18 bits per heavy atom. The number of likely N-dealkylation sites (tertiary alicyclic amines) is 1.